The maximum Gasteiger partial charge on any atom is 0.241 e. The Morgan fingerprint density at radius 3 is 2.52 bits per heavy atom. The second-order valence-electron chi connectivity index (χ2n) is 4.72. The van der Waals surface area contributed by atoms with Gasteiger partial charge in [0.15, 0.2) is 0 Å². The van der Waals surface area contributed by atoms with Gasteiger partial charge in [-0.25, -0.2) is 22.5 Å². The fraction of sp³-hybridized carbons (Fsp3) is 0.308. The minimum Gasteiger partial charge on any atom is -0.444 e. The van der Waals surface area contributed by atoms with E-state index in [0.717, 1.165) is 6.07 Å². The van der Waals surface area contributed by atoms with Gasteiger partial charge in [0.2, 0.25) is 15.9 Å². The van der Waals surface area contributed by atoms with E-state index in [4.69, 9.17) is 10.2 Å². The van der Waals surface area contributed by atoms with Crippen LogP contribution in [0.4, 0.5) is 10.1 Å². The molecule has 1 aromatic heterocycles. The summed E-state index contributed by atoms with van der Waals surface area (Å²) in [5, 5.41) is 0. The molecule has 1 aromatic carbocycles. The van der Waals surface area contributed by atoms with Crippen molar-refractivity contribution in [2.45, 2.75) is 32.2 Å². The van der Waals surface area contributed by atoms with Crippen molar-refractivity contribution in [3.05, 3.63) is 40.9 Å². The number of oxazole rings is 1. The Kier molecular flexibility index (Phi) is 4.02. The van der Waals surface area contributed by atoms with Crippen LogP contribution in [-0.2, 0) is 16.6 Å². The number of benzene rings is 1. The van der Waals surface area contributed by atoms with Crippen molar-refractivity contribution in [3.8, 4) is 0 Å². The summed E-state index contributed by atoms with van der Waals surface area (Å²) in [6.45, 7) is 4.87. The lowest BCUT2D eigenvalue weighted by atomic mass is 10.2. The normalized spacial score (nSPS) is 11.8. The van der Waals surface area contributed by atoms with Crippen molar-refractivity contribution in [1.29, 1.82) is 0 Å². The van der Waals surface area contributed by atoms with Gasteiger partial charge < -0.3 is 10.2 Å². The summed E-state index contributed by atoms with van der Waals surface area (Å²) >= 11 is 0. The zero-order valence-corrected chi connectivity index (χ0v) is 12.7. The number of nitrogens with one attached hydrogen (secondary N) is 1. The minimum atomic E-state index is -3.82. The summed E-state index contributed by atoms with van der Waals surface area (Å²) in [5.74, 6) is 0.277. The molecule has 0 aliphatic heterocycles. The van der Waals surface area contributed by atoms with Crippen LogP contribution in [0.25, 0.3) is 0 Å². The third-order valence-corrected chi connectivity index (χ3v) is 4.43. The molecule has 21 heavy (non-hydrogen) atoms. The Morgan fingerprint density at radius 1 is 1.33 bits per heavy atom. The van der Waals surface area contributed by atoms with Crippen LogP contribution in [0.1, 0.15) is 22.9 Å². The molecule has 3 N–H and O–H groups in total. The van der Waals surface area contributed by atoms with Gasteiger partial charge >= 0.3 is 0 Å². The van der Waals surface area contributed by atoms with Crippen LogP contribution in [0.3, 0.4) is 0 Å². The van der Waals surface area contributed by atoms with Crippen molar-refractivity contribution >= 4 is 15.7 Å². The molecule has 0 radical (unpaired) electrons. The molecular weight excluding hydrogens is 297 g/mol. The zero-order valence-electron chi connectivity index (χ0n) is 11.9. The second-order valence-corrected chi connectivity index (χ2v) is 6.48. The fourth-order valence-corrected chi connectivity index (χ4v) is 2.87. The molecule has 0 spiro atoms. The van der Waals surface area contributed by atoms with Crippen LogP contribution in [0.5, 0.6) is 0 Å². The minimum absolute atomic E-state index is 0.0899. The van der Waals surface area contributed by atoms with Gasteiger partial charge in [0, 0.05) is 0 Å². The number of sulfonamides is 1. The van der Waals surface area contributed by atoms with Crippen molar-refractivity contribution in [2.75, 3.05) is 5.73 Å². The Hall–Kier alpha value is -1.93. The molecule has 0 saturated carbocycles. The third kappa shape index (κ3) is 3.22. The largest absolute Gasteiger partial charge is 0.444 e. The second kappa shape index (κ2) is 5.45. The molecule has 8 heteroatoms. The number of halogens is 1. The standard InChI is InChI=1S/C13H16FN3O3S/c1-7-4-10(5-11(15)13(7)14)21(18,19)16-6-12-17-8(2)9(3)20-12/h4-5,16H,6,15H2,1-3H3. The molecular formula is C13H16FN3O3S. The summed E-state index contributed by atoms with van der Waals surface area (Å²) in [6.07, 6.45) is 0. The monoisotopic (exact) mass is 313 g/mol. The molecule has 0 fully saturated rings. The van der Waals surface area contributed by atoms with Gasteiger partial charge in [-0.15, -0.1) is 0 Å². The number of nitrogen functional groups attached to an aromatic ring is 1. The Balaban J connectivity index is 2.22. The van der Waals surface area contributed by atoms with E-state index in [1.807, 2.05) is 0 Å². The van der Waals surface area contributed by atoms with E-state index in [-0.39, 0.29) is 28.6 Å². The van der Waals surface area contributed by atoms with E-state index < -0.39 is 15.8 Å². The van der Waals surface area contributed by atoms with Crippen molar-refractivity contribution in [1.82, 2.24) is 9.71 Å². The predicted octanol–water partition coefficient (Wildman–Crippen LogP) is 1.80. The smallest absolute Gasteiger partial charge is 0.241 e. The maximum absolute atomic E-state index is 13.4. The number of rotatable bonds is 4. The molecule has 114 valence electrons. The molecule has 0 bridgehead atoms. The molecule has 2 rings (SSSR count). The summed E-state index contributed by atoms with van der Waals surface area (Å²) in [5.41, 5.74) is 6.11. The summed E-state index contributed by atoms with van der Waals surface area (Å²) in [6, 6.07) is 2.30. The Labute approximate surface area is 122 Å². The molecule has 0 atom stereocenters. The number of anilines is 1. The highest BCUT2D eigenvalue weighted by Crippen LogP contribution is 2.21. The van der Waals surface area contributed by atoms with Crippen molar-refractivity contribution in [3.63, 3.8) is 0 Å². The zero-order chi connectivity index (χ0) is 15.8. The quantitative estimate of drug-likeness (QED) is 0.839. The molecule has 0 amide bonds. The highest BCUT2D eigenvalue weighted by atomic mass is 32.2. The van der Waals surface area contributed by atoms with E-state index in [9.17, 15) is 12.8 Å². The summed E-state index contributed by atoms with van der Waals surface area (Å²) < 4.78 is 45.4. The lowest BCUT2D eigenvalue weighted by Crippen LogP contribution is -2.23. The van der Waals surface area contributed by atoms with E-state index in [1.54, 1.807) is 13.8 Å². The first-order valence-electron chi connectivity index (χ1n) is 6.19. The average molecular weight is 313 g/mol. The number of nitrogens with two attached hydrogens (primary N) is 1. The number of aromatic nitrogens is 1. The lowest BCUT2D eigenvalue weighted by molar-refractivity contribution is 0.463. The molecule has 1 heterocycles. The Morgan fingerprint density at radius 2 is 2.00 bits per heavy atom. The molecule has 2 aromatic rings. The first-order valence-corrected chi connectivity index (χ1v) is 7.67. The predicted molar refractivity (Wildman–Crippen MR) is 75.6 cm³/mol. The summed E-state index contributed by atoms with van der Waals surface area (Å²) in [4.78, 5) is 3.98. The van der Waals surface area contributed by atoms with Gasteiger partial charge in [0.1, 0.15) is 11.6 Å². The molecule has 0 aliphatic carbocycles. The van der Waals surface area contributed by atoms with Crippen LogP contribution >= 0.6 is 0 Å². The molecule has 0 aliphatic rings. The van der Waals surface area contributed by atoms with Crippen LogP contribution in [0.15, 0.2) is 21.4 Å². The molecule has 0 unspecified atom stereocenters. The van der Waals surface area contributed by atoms with Gasteiger partial charge in [-0.3, -0.25) is 0 Å². The van der Waals surface area contributed by atoms with Gasteiger partial charge in [0.05, 0.1) is 22.8 Å². The Bertz CT molecular complexity index is 741. The van der Waals surface area contributed by atoms with Crippen molar-refractivity contribution in [2.24, 2.45) is 0 Å². The van der Waals surface area contributed by atoms with E-state index in [0.29, 0.717) is 11.5 Å². The highest BCUT2D eigenvalue weighted by molar-refractivity contribution is 7.89. The van der Waals surface area contributed by atoms with Crippen molar-refractivity contribution < 1.29 is 17.2 Å². The SMILES string of the molecule is Cc1cc(S(=O)(=O)NCc2nc(C)c(C)o2)cc(N)c1F. The number of aryl methyl sites for hydroxylation is 3. The topological polar surface area (TPSA) is 98.2 Å². The van der Waals surface area contributed by atoms with Crippen LogP contribution < -0.4 is 10.5 Å². The first-order chi connectivity index (χ1) is 9.70. The van der Waals surface area contributed by atoms with Gasteiger partial charge in [-0.05, 0) is 38.5 Å². The van der Waals surface area contributed by atoms with E-state index >= 15 is 0 Å². The van der Waals surface area contributed by atoms with Gasteiger partial charge in [-0.2, -0.15) is 0 Å². The third-order valence-electron chi connectivity index (χ3n) is 3.05. The van der Waals surface area contributed by atoms with Gasteiger partial charge in [0.25, 0.3) is 0 Å². The molecule has 0 saturated heterocycles. The number of nitrogens with zero attached hydrogens (tertiary/aromatic N) is 1. The van der Waals surface area contributed by atoms with E-state index in [2.05, 4.69) is 9.71 Å². The molecule has 6 nitrogen and oxygen atoms in total. The average Bonchev–Trinajstić information content (AvgIpc) is 2.72. The maximum atomic E-state index is 13.4. The number of hydrogen-bond acceptors (Lipinski definition) is 5. The lowest BCUT2D eigenvalue weighted by Gasteiger charge is -2.08. The van der Waals surface area contributed by atoms with Crippen LogP contribution in [-0.4, -0.2) is 13.4 Å². The first kappa shape index (κ1) is 15.5. The number of hydrogen-bond donors (Lipinski definition) is 2. The van der Waals surface area contributed by atoms with Gasteiger partial charge in [-0.1, -0.05) is 0 Å². The highest BCUT2D eigenvalue weighted by Gasteiger charge is 2.18. The van der Waals surface area contributed by atoms with E-state index in [1.165, 1.54) is 13.0 Å². The summed E-state index contributed by atoms with van der Waals surface area (Å²) in [7, 11) is -3.82. The van der Waals surface area contributed by atoms with Crippen LogP contribution in [0.2, 0.25) is 0 Å². The fourth-order valence-electron chi connectivity index (χ4n) is 1.77. The van der Waals surface area contributed by atoms with Crippen LogP contribution in [0, 0.1) is 26.6 Å².